The fourth-order valence-electron chi connectivity index (χ4n) is 1.60. The summed E-state index contributed by atoms with van der Waals surface area (Å²) in [7, 11) is 0. The van der Waals surface area contributed by atoms with E-state index in [0.29, 0.717) is 0 Å². The first-order valence-electron chi connectivity index (χ1n) is 5.65. The average molecular weight is 239 g/mol. The van der Waals surface area contributed by atoms with Crippen molar-refractivity contribution in [3.8, 4) is 47.4 Å². The number of allylic oxidation sites excluding steroid dienone is 1. The Bertz CT molecular complexity index is 766. The standard InChI is InChI=1S/C18H8N/c1-2-3-4-5-6-7-8-9-12-16-15-19-18-14-11-10-13-17(16)18/h1-2,10-11,13-16H/q+1/p+1. The Hall–Kier alpha value is -3.22. The number of para-hydroxylation sites is 1. The van der Waals surface area contributed by atoms with Crippen LogP contribution in [0.25, 0.3) is 0 Å². The minimum atomic E-state index is 0.0742. The normalized spacial score (nSPS) is 13.1. The predicted molar refractivity (Wildman–Crippen MR) is 75.8 cm³/mol. The molecule has 1 atom stereocenters. The lowest BCUT2D eigenvalue weighted by Crippen LogP contribution is -2.59. The minimum absolute atomic E-state index is 0.0742. The first kappa shape index (κ1) is 12.2. The molecule has 1 aromatic carbocycles. The zero-order valence-electron chi connectivity index (χ0n) is 10.1. The van der Waals surface area contributed by atoms with E-state index < -0.39 is 0 Å². The molecule has 0 saturated heterocycles. The molecule has 1 unspecified atom stereocenters. The number of rotatable bonds is 0. The lowest BCUT2D eigenvalue weighted by molar-refractivity contribution is -0.344. The summed E-state index contributed by atoms with van der Waals surface area (Å²) in [4.78, 5) is 3.19. The van der Waals surface area contributed by atoms with Gasteiger partial charge in [-0.3, -0.25) is 0 Å². The van der Waals surface area contributed by atoms with Gasteiger partial charge in [-0.1, -0.05) is 24.1 Å². The van der Waals surface area contributed by atoms with Gasteiger partial charge in [-0.05, 0) is 11.8 Å². The van der Waals surface area contributed by atoms with Gasteiger partial charge >= 0.3 is 0 Å². The zero-order chi connectivity index (χ0) is 13.3. The van der Waals surface area contributed by atoms with E-state index >= 15 is 0 Å². The van der Waals surface area contributed by atoms with Gasteiger partial charge in [0.2, 0.25) is 11.8 Å². The van der Waals surface area contributed by atoms with Gasteiger partial charge in [0, 0.05) is 29.4 Å². The highest BCUT2D eigenvalue weighted by Gasteiger charge is 2.21. The molecule has 1 heteroatoms. The molecule has 0 bridgehead atoms. The fraction of sp³-hybridized carbons (Fsp3) is 0.0556. The molecule has 1 nitrogen and oxygen atoms in total. The van der Waals surface area contributed by atoms with E-state index in [1.807, 2.05) is 24.4 Å². The van der Waals surface area contributed by atoms with E-state index in [1.165, 1.54) is 11.6 Å². The number of hydrogen-bond donors (Lipinski definition) is 1. The molecule has 19 heavy (non-hydrogen) atoms. The van der Waals surface area contributed by atoms with Gasteiger partial charge in [-0.25, -0.2) is 4.99 Å². The molecule has 84 valence electrons. The Morgan fingerprint density at radius 2 is 1.74 bits per heavy atom. The Balaban J connectivity index is 2.03. The smallest absolute Gasteiger partial charge is 0.214 e. The highest BCUT2D eigenvalue weighted by molar-refractivity contribution is 5.75. The molecule has 1 aliphatic heterocycles. The van der Waals surface area contributed by atoms with E-state index in [2.05, 4.69) is 58.4 Å². The van der Waals surface area contributed by atoms with Gasteiger partial charge in [-0.15, -0.1) is 0 Å². The van der Waals surface area contributed by atoms with E-state index in [1.54, 1.807) is 0 Å². The lowest BCUT2D eigenvalue weighted by Gasteiger charge is -1.94. The van der Waals surface area contributed by atoms with Crippen LogP contribution in [0.1, 0.15) is 11.5 Å². The highest BCUT2D eigenvalue weighted by Crippen LogP contribution is 2.20. The largest absolute Gasteiger partial charge is 0.222 e. The third kappa shape index (κ3) is 3.37. The lowest BCUT2D eigenvalue weighted by atomic mass is 10.0. The van der Waals surface area contributed by atoms with E-state index in [4.69, 9.17) is 6.58 Å². The second kappa shape index (κ2) is 6.50. The van der Waals surface area contributed by atoms with Gasteiger partial charge in [0.05, 0.1) is 6.58 Å². The van der Waals surface area contributed by atoms with Crippen molar-refractivity contribution in [3.63, 3.8) is 0 Å². The summed E-state index contributed by atoms with van der Waals surface area (Å²) in [6.45, 7) is 5.07. The van der Waals surface area contributed by atoms with Gasteiger partial charge in [0.1, 0.15) is 11.8 Å². The summed E-state index contributed by atoms with van der Waals surface area (Å²) in [5.41, 5.74) is 2.27. The van der Waals surface area contributed by atoms with Crippen molar-refractivity contribution in [2.24, 2.45) is 0 Å². The van der Waals surface area contributed by atoms with Crippen LogP contribution in [0.5, 0.6) is 0 Å². The van der Waals surface area contributed by atoms with Crippen molar-refractivity contribution in [1.29, 1.82) is 0 Å². The Morgan fingerprint density at radius 3 is 2.58 bits per heavy atom. The van der Waals surface area contributed by atoms with Crippen molar-refractivity contribution in [1.82, 2.24) is 0 Å². The van der Waals surface area contributed by atoms with Crippen molar-refractivity contribution >= 4 is 11.9 Å². The number of benzene rings is 1. The summed E-state index contributed by atoms with van der Waals surface area (Å²) < 4.78 is 0. The molecule has 0 radical (unpaired) electrons. The first-order chi connectivity index (χ1) is 9.42. The maximum Gasteiger partial charge on any atom is 0.222 e. The van der Waals surface area contributed by atoms with Crippen LogP contribution < -0.4 is 4.99 Å². The number of nitrogens with one attached hydrogen (secondary N) is 1. The van der Waals surface area contributed by atoms with Crippen molar-refractivity contribution < 1.29 is 4.99 Å². The van der Waals surface area contributed by atoms with Crippen molar-refractivity contribution in [2.75, 3.05) is 0 Å². The van der Waals surface area contributed by atoms with Crippen LogP contribution in [0, 0.1) is 53.9 Å². The molecule has 0 spiro atoms. The van der Waals surface area contributed by atoms with Gasteiger partial charge in [0.25, 0.3) is 0 Å². The maximum absolute atomic E-state index is 5.07. The van der Waals surface area contributed by atoms with Crippen LogP contribution in [0.15, 0.2) is 30.3 Å². The number of hydrogen-bond acceptors (Lipinski definition) is 0. The molecule has 0 fully saturated rings. The summed E-state index contributed by atoms with van der Waals surface area (Å²) in [5, 5.41) is 0. The molecule has 0 aromatic heterocycles. The molecule has 0 aliphatic carbocycles. The Kier molecular flexibility index (Phi) is 4.19. The third-order valence-corrected chi connectivity index (χ3v) is 2.40. The van der Waals surface area contributed by atoms with Crippen LogP contribution in [0.2, 0.25) is 0 Å². The SMILES string of the molecule is [CH+]=CC#CC#CC#CC#CC1C=[NH+]c2ccccc21. The molecular formula is C18H9N+2. The highest BCUT2D eigenvalue weighted by atomic mass is 14.8. The van der Waals surface area contributed by atoms with E-state index in [-0.39, 0.29) is 5.92 Å². The topological polar surface area (TPSA) is 14.0 Å². The Labute approximate surface area is 113 Å². The molecule has 1 aliphatic rings. The maximum atomic E-state index is 5.07. The fourth-order valence-corrected chi connectivity index (χ4v) is 1.60. The average Bonchev–Trinajstić information content (AvgIpc) is 2.85. The van der Waals surface area contributed by atoms with E-state index in [0.717, 1.165) is 5.69 Å². The molecular weight excluding hydrogens is 230 g/mol. The molecule has 1 aromatic rings. The molecule has 0 saturated carbocycles. The molecule has 0 amide bonds. The Morgan fingerprint density at radius 1 is 1.00 bits per heavy atom. The summed E-state index contributed by atoms with van der Waals surface area (Å²) in [5.74, 6) is 21.4. The molecule has 1 heterocycles. The van der Waals surface area contributed by atoms with Gasteiger partial charge in [0.15, 0.2) is 12.1 Å². The van der Waals surface area contributed by atoms with Crippen LogP contribution in [0.4, 0.5) is 5.69 Å². The minimum Gasteiger partial charge on any atom is -0.214 e. The van der Waals surface area contributed by atoms with Crippen LogP contribution >= 0.6 is 0 Å². The molecule has 2 rings (SSSR count). The summed E-state index contributed by atoms with van der Waals surface area (Å²) in [6, 6.07) is 8.07. The van der Waals surface area contributed by atoms with Gasteiger partial charge in [-0.2, -0.15) is 0 Å². The second-order valence-electron chi connectivity index (χ2n) is 3.58. The van der Waals surface area contributed by atoms with E-state index in [9.17, 15) is 0 Å². The van der Waals surface area contributed by atoms with Gasteiger partial charge < -0.3 is 0 Å². The van der Waals surface area contributed by atoms with Crippen LogP contribution in [-0.2, 0) is 0 Å². The third-order valence-electron chi connectivity index (χ3n) is 2.40. The first-order valence-corrected chi connectivity index (χ1v) is 5.65. The van der Waals surface area contributed by atoms with Crippen LogP contribution in [-0.4, -0.2) is 6.21 Å². The van der Waals surface area contributed by atoms with Crippen molar-refractivity contribution in [3.05, 3.63) is 42.5 Å². The van der Waals surface area contributed by atoms with Crippen LogP contribution in [0.3, 0.4) is 0 Å². The number of fused-ring (bicyclic) bond motifs is 1. The summed E-state index contributed by atoms with van der Waals surface area (Å²) in [6.07, 6.45) is 3.19. The van der Waals surface area contributed by atoms with Crippen molar-refractivity contribution in [2.45, 2.75) is 5.92 Å². The second-order valence-corrected chi connectivity index (χ2v) is 3.58. The summed E-state index contributed by atoms with van der Waals surface area (Å²) >= 11 is 0. The quantitative estimate of drug-likeness (QED) is 0.502. The predicted octanol–water partition coefficient (Wildman–Crippen LogP) is 0.569. The zero-order valence-corrected chi connectivity index (χ0v) is 10.1. The molecule has 1 N–H and O–H groups in total. The monoisotopic (exact) mass is 239 g/mol.